The van der Waals surface area contributed by atoms with Crippen molar-refractivity contribution in [3.05, 3.63) is 35.9 Å². The summed E-state index contributed by atoms with van der Waals surface area (Å²) < 4.78 is 5.02. The molecular formula is C17H26ClN3O3. The second-order valence-corrected chi connectivity index (χ2v) is 5.73. The maximum atomic E-state index is 12.4. The number of carbonyl (C=O) groups is 2. The summed E-state index contributed by atoms with van der Waals surface area (Å²) in [6, 6.07) is 9.24. The van der Waals surface area contributed by atoms with Crippen LogP contribution in [0, 0.1) is 0 Å². The Morgan fingerprint density at radius 1 is 1.42 bits per heavy atom. The lowest BCUT2D eigenvalue weighted by Crippen LogP contribution is -2.56. The molecule has 0 aliphatic carbocycles. The minimum absolute atomic E-state index is 0. The lowest BCUT2D eigenvalue weighted by molar-refractivity contribution is -0.138. The van der Waals surface area contributed by atoms with Crippen LogP contribution >= 0.6 is 12.4 Å². The number of methoxy groups -OCH3 is 1. The minimum atomic E-state index is -0.455. The number of halogens is 1. The van der Waals surface area contributed by atoms with Gasteiger partial charge in [0.05, 0.1) is 25.1 Å². The summed E-state index contributed by atoms with van der Waals surface area (Å²) in [5, 5.41) is 6.07. The van der Waals surface area contributed by atoms with Gasteiger partial charge in [0.2, 0.25) is 11.8 Å². The molecule has 1 aromatic carbocycles. The van der Waals surface area contributed by atoms with Gasteiger partial charge in [-0.15, -0.1) is 12.4 Å². The smallest absolute Gasteiger partial charge is 0.240 e. The van der Waals surface area contributed by atoms with Crippen LogP contribution in [-0.2, 0) is 14.3 Å². The van der Waals surface area contributed by atoms with Crippen molar-refractivity contribution in [1.29, 1.82) is 0 Å². The molecule has 0 bridgehead atoms. The number of nitrogens with zero attached hydrogens (tertiary/aromatic N) is 1. The fourth-order valence-corrected chi connectivity index (χ4v) is 2.69. The fourth-order valence-electron chi connectivity index (χ4n) is 2.69. The third-order valence-corrected chi connectivity index (χ3v) is 4.01. The molecule has 1 saturated heterocycles. The van der Waals surface area contributed by atoms with Crippen molar-refractivity contribution < 1.29 is 14.3 Å². The molecule has 7 heteroatoms. The quantitative estimate of drug-likeness (QED) is 0.769. The van der Waals surface area contributed by atoms with Crippen LogP contribution < -0.4 is 10.6 Å². The number of benzene rings is 1. The fraction of sp³-hybridized carbons (Fsp3) is 0.529. The Kier molecular flexibility index (Phi) is 8.74. The zero-order valence-corrected chi connectivity index (χ0v) is 15.0. The highest BCUT2D eigenvalue weighted by atomic mass is 35.5. The molecule has 0 radical (unpaired) electrons. The Hall–Kier alpha value is -1.63. The average Bonchev–Trinajstić information content (AvgIpc) is 2.56. The number of hydrogen-bond donors (Lipinski definition) is 2. The highest BCUT2D eigenvalue weighted by molar-refractivity contribution is 5.89. The zero-order chi connectivity index (χ0) is 16.7. The van der Waals surface area contributed by atoms with Gasteiger partial charge in [-0.2, -0.15) is 0 Å². The highest BCUT2D eigenvalue weighted by Gasteiger charge is 2.30. The van der Waals surface area contributed by atoms with E-state index in [4.69, 9.17) is 4.74 Å². The number of nitrogens with one attached hydrogen (secondary N) is 2. The number of hydrogen-bond acceptors (Lipinski definition) is 4. The topological polar surface area (TPSA) is 70.7 Å². The molecule has 0 aromatic heterocycles. The van der Waals surface area contributed by atoms with Crippen LogP contribution in [0.5, 0.6) is 0 Å². The molecule has 2 amide bonds. The van der Waals surface area contributed by atoms with Gasteiger partial charge in [0.15, 0.2) is 0 Å². The Morgan fingerprint density at radius 3 is 2.79 bits per heavy atom. The lowest BCUT2D eigenvalue weighted by atomic mass is 10.1. The van der Waals surface area contributed by atoms with Gasteiger partial charge < -0.3 is 20.3 Å². The SMILES string of the molecule is COCCN1CCNC(CC(=O)NC(C)c2ccccc2)C1=O.Cl. The summed E-state index contributed by atoms with van der Waals surface area (Å²) in [6.07, 6.45) is 0.152. The van der Waals surface area contributed by atoms with Crippen LogP contribution in [0.15, 0.2) is 30.3 Å². The molecule has 2 atom stereocenters. The predicted octanol–water partition coefficient (Wildman–Crippen LogP) is 1.12. The van der Waals surface area contributed by atoms with Crippen molar-refractivity contribution >= 4 is 24.2 Å². The van der Waals surface area contributed by atoms with Gasteiger partial charge in [-0.3, -0.25) is 9.59 Å². The Balaban J connectivity index is 0.00000288. The second kappa shape index (κ2) is 10.3. The third-order valence-electron chi connectivity index (χ3n) is 4.01. The van der Waals surface area contributed by atoms with Gasteiger partial charge in [-0.05, 0) is 12.5 Å². The van der Waals surface area contributed by atoms with E-state index in [1.165, 1.54) is 0 Å². The van der Waals surface area contributed by atoms with Crippen molar-refractivity contribution in [3.63, 3.8) is 0 Å². The summed E-state index contributed by atoms with van der Waals surface area (Å²) in [7, 11) is 1.61. The molecule has 1 heterocycles. The van der Waals surface area contributed by atoms with Crippen LogP contribution in [0.4, 0.5) is 0 Å². The van der Waals surface area contributed by atoms with E-state index in [0.717, 1.165) is 5.56 Å². The van der Waals surface area contributed by atoms with Crippen molar-refractivity contribution in [3.8, 4) is 0 Å². The van der Waals surface area contributed by atoms with Gasteiger partial charge in [-0.25, -0.2) is 0 Å². The van der Waals surface area contributed by atoms with E-state index in [9.17, 15) is 9.59 Å². The molecule has 1 fully saturated rings. The maximum absolute atomic E-state index is 12.4. The first-order chi connectivity index (χ1) is 11.1. The van der Waals surface area contributed by atoms with Crippen LogP contribution in [0.1, 0.15) is 24.9 Å². The van der Waals surface area contributed by atoms with Crippen LogP contribution in [-0.4, -0.2) is 56.1 Å². The molecule has 134 valence electrons. The van der Waals surface area contributed by atoms with Gasteiger partial charge >= 0.3 is 0 Å². The van der Waals surface area contributed by atoms with Crippen molar-refractivity contribution in [2.45, 2.75) is 25.4 Å². The summed E-state index contributed by atoms with van der Waals surface area (Å²) in [4.78, 5) is 26.3. The first kappa shape index (κ1) is 20.4. The molecule has 2 N–H and O–H groups in total. The lowest BCUT2D eigenvalue weighted by Gasteiger charge is -2.33. The molecule has 2 unspecified atom stereocenters. The molecular weight excluding hydrogens is 330 g/mol. The largest absolute Gasteiger partial charge is 0.383 e. The Morgan fingerprint density at radius 2 is 2.12 bits per heavy atom. The van der Waals surface area contributed by atoms with Gasteiger partial charge in [-0.1, -0.05) is 30.3 Å². The van der Waals surface area contributed by atoms with Gasteiger partial charge in [0.25, 0.3) is 0 Å². The third kappa shape index (κ3) is 5.78. The van der Waals surface area contributed by atoms with E-state index < -0.39 is 6.04 Å². The Labute approximate surface area is 149 Å². The molecule has 0 spiro atoms. The molecule has 1 aromatic rings. The van der Waals surface area contributed by atoms with Gasteiger partial charge in [0, 0.05) is 26.7 Å². The van der Waals surface area contributed by atoms with E-state index in [-0.39, 0.29) is 36.7 Å². The normalized spacial score (nSPS) is 18.7. The Bertz CT molecular complexity index is 527. The number of amides is 2. The minimum Gasteiger partial charge on any atom is -0.383 e. The van der Waals surface area contributed by atoms with Gasteiger partial charge in [0.1, 0.15) is 0 Å². The summed E-state index contributed by atoms with van der Waals surface area (Å²) in [6.45, 7) is 4.36. The monoisotopic (exact) mass is 355 g/mol. The van der Waals surface area contributed by atoms with Crippen LogP contribution in [0.2, 0.25) is 0 Å². The molecule has 6 nitrogen and oxygen atoms in total. The van der Waals surface area contributed by atoms with E-state index in [0.29, 0.717) is 26.2 Å². The number of carbonyl (C=O) groups excluding carboxylic acids is 2. The van der Waals surface area contributed by atoms with E-state index in [2.05, 4.69) is 10.6 Å². The summed E-state index contributed by atoms with van der Waals surface area (Å²) >= 11 is 0. The predicted molar refractivity (Wildman–Crippen MR) is 95.1 cm³/mol. The van der Waals surface area contributed by atoms with Crippen LogP contribution in [0.3, 0.4) is 0 Å². The zero-order valence-electron chi connectivity index (χ0n) is 14.2. The average molecular weight is 356 g/mol. The van der Waals surface area contributed by atoms with Crippen LogP contribution in [0.25, 0.3) is 0 Å². The summed E-state index contributed by atoms with van der Waals surface area (Å²) in [5.74, 6) is -0.156. The number of ether oxygens (including phenoxy) is 1. The number of piperazine rings is 1. The van der Waals surface area contributed by atoms with E-state index in [1.54, 1.807) is 12.0 Å². The first-order valence-electron chi connectivity index (χ1n) is 7.97. The van der Waals surface area contributed by atoms with Crippen molar-refractivity contribution in [1.82, 2.24) is 15.5 Å². The van der Waals surface area contributed by atoms with Crippen molar-refractivity contribution in [2.75, 3.05) is 33.4 Å². The first-order valence-corrected chi connectivity index (χ1v) is 7.97. The summed E-state index contributed by atoms with van der Waals surface area (Å²) in [5.41, 5.74) is 1.05. The van der Waals surface area contributed by atoms with E-state index >= 15 is 0 Å². The van der Waals surface area contributed by atoms with E-state index in [1.807, 2.05) is 37.3 Å². The molecule has 0 saturated carbocycles. The maximum Gasteiger partial charge on any atom is 0.240 e. The molecule has 1 aliphatic rings. The highest BCUT2D eigenvalue weighted by Crippen LogP contribution is 2.12. The molecule has 24 heavy (non-hydrogen) atoms. The van der Waals surface area contributed by atoms with Crippen molar-refractivity contribution in [2.24, 2.45) is 0 Å². The second-order valence-electron chi connectivity index (χ2n) is 5.73. The molecule has 1 aliphatic heterocycles. The number of rotatable bonds is 7. The molecule has 2 rings (SSSR count). The standard InChI is InChI=1S/C17H25N3O3.ClH/c1-13(14-6-4-3-5-7-14)19-16(21)12-15-17(22)20(9-8-18-15)10-11-23-2;/h3-7,13,15,18H,8-12H2,1-2H3,(H,19,21);1H.